The van der Waals surface area contributed by atoms with E-state index in [-0.39, 0.29) is 18.3 Å². The zero-order valence-corrected chi connectivity index (χ0v) is 12.6. The second-order valence-corrected chi connectivity index (χ2v) is 4.87. The number of halogens is 1. The van der Waals surface area contributed by atoms with E-state index in [1.807, 2.05) is 0 Å². The van der Waals surface area contributed by atoms with Gasteiger partial charge in [0.05, 0.1) is 0 Å². The lowest BCUT2D eigenvalue weighted by molar-refractivity contribution is -0.138. The molecule has 1 amide bonds. The standard InChI is InChI=1S/C18H16FNO3/c1-13(21)20-17-8-5-14(6-9-17)7-10-18(22)23-12-15-3-2-4-16(19)11-15/h2-11H,12H2,1H3,(H,20,21). The average Bonchev–Trinajstić information content (AvgIpc) is 2.52. The Kier molecular flexibility index (Phi) is 5.63. The van der Waals surface area contributed by atoms with Crippen LogP contribution < -0.4 is 5.32 Å². The van der Waals surface area contributed by atoms with Crippen molar-refractivity contribution in [3.8, 4) is 0 Å². The molecule has 0 heterocycles. The molecule has 0 aromatic heterocycles. The summed E-state index contributed by atoms with van der Waals surface area (Å²) in [6.07, 6.45) is 2.90. The van der Waals surface area contributed by atoms with Gasteiger partial charge in [-0.3, -0.25) is 4.79 Å². The molecule has 2 aromatic carbocycles. The highest BCUT2D eigenvalue weighted by Crippen LogP contribution is 2.11. The molecule has 0 aliphatic heterocycles. The van der Waals surface area contributed by atoms with Gasteiger partial charge >= 0.3 is 5.97 Å². The second-order valence-electron chi connectivity index (χ2n) is 4.87. The van der Waals surface area contributed by atoms with Crippen LogP contribution in [0.1, 0.15) is 18.1 Å². The maximum absolute atomic E-state index is 13.0. The first-order valence-corrected chi connectivity index (χ1v) is 7.00. The molecule has 0 aliphatic rings. The van der Waals surface area contributed by atoms with Crippen LogP contribution in [0, 0.1) is 5.82 Å². The topological polar surface area (TPSA) is 55.4 Å². The van der Waals surface area contributed by atoms with Crippen molar-refractivity contribution in [1.29, 1.82) is 0 Å². The molecule has 0 saturated carbocycles. The number of esters is 1. The molecular weight excluding hydrogens is 297 g/mol. The highest BCUT2D eigenvalue weighted by molar-refractivity contribution is 5.89. The number of ether oxygens (including phenoxy) is 1. The summed E-state index contributed by atoms with van der Waals surface area (Å²) in [5, 5.41) is 2.65. The molecule has 2 rings (SSSR count). The van der Waals surface area contributed by atoms with Crippen LogP contribution in [0.2, 0.25) is 0 Å². The van der Waals surface area contributed by atoms with Crippen LogP contribution in [0.4, 0.5) is 10.1 Å². The van der Waals surface area contributed by atoms with Crippen LogP contribution in [0.3, 0.4) is 0 Å². The second kappa shape index (κ2) is 7.89. The van der Waals surface area contributed by atoms with Gasteiger partial charge in [0.2, 0.25) is 5.91 Å². The fraction of sp³-hybridized carbons (Fsp3) is 0.111. The minimum absolute atomic E-state index is 0.0163. The monoisotopic (exact) mass is 313 g/mol. The smallest absolute Gasteiger partial charge is 0.331 e. The van der Waals surface area contributed by atoms with E-state index in [2.05, 4.69) is 5.32 Å². The Morgan fingerprint density at radius 2 is 1.91 bits per heavy atom. The first-order chi connectivity index (χ1) is 11.0. The molecule has 0 spiro atoms. The van der Waals surface area contributed by atoms with Gasteiger partial charge in [-0.15, -0.1) is 0 Å². The van der Waals surface area contributed by atoms with Crippen molar-refractivity contribution in [2.24, 2.45) is 0 Å². The van der Waals surface area contributed by atoms with E-state index < -0.39 is 5.97 Å². The summed E-state index contributed by atoms with van der Waals surface area (Å²) < 4.78 is 18.0. The van der Waals surface area contributed by atoms with Gasteiger partial charge in [-0.25, -0.2) is 9.18 Å². The number of hydrogen-bond donors (Lipinski definition) is 1. The van der Waals surface area contributed by atoms with Crippen LogP contribution in [0.5, 0.6) is 0 Å². The third-order valence-corrected chi connectivity index (χ3v) is 2.91. The van der Waals surface area contributed by atoms with E-state index in [0.29, 0.717) is 11.3 Å². The number of rotatable bonds is 5. The van der Waals surface area contributed by atoms with Gasteiger partial charge < -0.3 is 10.1 Å². The summed E-state index contributed by atoms with van der Waals surface area (Å²) in [6, 6.07) is 12.9. The Labute approximate surface area is 133 Å². The van der Waals surface area contributed by atoms with E-state index >= 15 is 0 Å². The molecule has 23 heavy (non-hydrogen) atoms. The van der Waals surface area contributed by atoms with Gasteiger partial charge in [-0.1, -0.05) is 24.3 Å². The van der Waals surface area contributed by atoms with Crippen LogP contribution in [0.25, 0.3) is 6.08 Å². The molecule has 2 aromatic rings. The number of carbonyl (C=O) groups is 2. The van der Waals surface area contributed by atoms with E-state index in [1.54, 1.807) is 42.5 Å². The quantitative estimate of drug-likeness (QED) is 0.678. The summed E-state index contributed by atoms with van der Waals surface area (Å²) in [5.74, 6) is -1.03. The molecule has 118 valence electrons. The SMILES string of the molecule is CC(=O)Nc1ccc(C=CC(=O)OCc2cccc(F)c2)cc1. The minimum Gasteiger partial charge on any atom is -0.458 e. The molecule has 0 atom stereocenters. The Morgan fingerprint density at radius 3 is 2.57 bits per heavy atom. The summed E-state index contributed by atoms with van der Waals surface area (Å²) >= 11 is 0. The lowest BCUT2D eigenvalue weighted by Gasteiger charge is -2.03. The number of hydrogen-bond acceptors (Lipinski definition) is 3. The first kappa shape index (κ1) is 16.4. The molecular formula is C18H16FNO3. The average molecular weight is 313 g/mol. The van der Waals surface area contributed by atoms with Gasteiger partial charge in [-0.05, 0) is 41.5 Å². The van der Waals surface area contributed by atoms with Gasteiger partial charge in [0.1, 0.15) is 12.4 Å². The summed E-state index contributed by atoms with van der Waals surface area (Å²) in [5.41, 5.74) is 2.07. The van der Waals surface area contributed by atoms with Crippen molar-refractivity contribution in [3.05, 3.63) is 71.6 Å². The van der Waals surface area contributed by atoms with Crippen LogP contribution >= 0.6 is 0 Å². The fourth-order valence-corrected chi connectivity index (χ4v) is 1.87. The van der Waals surface area contributed by atoms with Crippen molar-refractivity contribution in [2.75, 3.05) is 5.32 Å². The number of nitrogens with one attached hydrogen (secondary N) is 1. The lowest BCUT2D eigenvalue weighted by Crippen LogP contribution is -2.05. The van der Waals surface area contributed by atoms with Gasteiger partial charge in [-0.2, -0.15) is 0 Å². The number of amides is 1. The highest BCUT2D eigenvalue weighted by atomic mass is 19.1. The molecule has 0 aliphatic carbocycles. The number of benzene rings is 2. The number of carbonyl (C=O) groups excluding carboxylic acids is 2. The Morgan fingerprint density at radius 1 is 1.17 bits per heavy atom. The van der Waals surface area contributed by atoms with Gasteiger partial charge in [0, 0.05) is 18.7 Å². The Balaban J connectivity index is 1.86. The van der Waals surface area contributed by atoms with E-state index in [9.17, 15) is 14.0 Å². The number of anilines is 1. The maximum atomic E-state index is 13.0. The summed E-state index contributed by atoms with van der Waals surface area (Å²) in [6.45, 7) is 1.45. The zero-order valence-electron chi connectivity index (χ0n) is 12.6. The lowest BCUT2D eigenvalue weighted by atomic mass is 10.2. The van der Waals surface area contributed by atoms with Crippen LogP contribution in [-0.4, -0.2) is 11.9 Å². The maximum Gasteiger partial charge on any atom is 0.331 e. The third-order valence-electron chi connectivity index (χ3n) is 2.91. The van der Waals surface area contributed by atoms with Crippen LogP contribution in [-0.2, 0) is 20.9 Å². The first-order valence-electron chi connectivity index (χ1n) is 7.00. The predicted molar refractivity (Wildman–Crippen MR) is 86.0 cm³/mol. The molecule has 0 bridgehead atoms. The highest BCUT2D eigenvalue weighted by Gasteiger charge is 2.00. The summed E-state index contributed by atoms with van der Waals surface area (Å²) in [4.78, 5) is 22.5. The van der Waals surface area contributed by atoms with Crippen molar-refractivity contribution >= 4 is 23.6 Å². The van der Waals surface area contributed by atoms with Crippen molar-refractivity contribution in [1.82, 2.24) is 0 Å². The van der Waals surface area contributed by atoms with Gasteiger partial charge in [0.25, 0.3) is 0 Å². The zero-order chi connectivity index (χ0) is 16.7. The normalized spacial score (nSPS) is 10.5. The minimum atomic E-state index is -0.514. The van der Waals surface area contributed by atoms with Crippen molar-refractivity contribution < 1.29 is 18.7 Å². The molecule has 0 saturated heterocycles. The Hall–Kier alpha value is -2.95. The van der Waals surface area contributed by atoms with E-state index in [0.717, 1.165) is 5.56 Å². The van der Waals surface area contributed by atoms with Crippen molar-refractivity contribution in [2.45, 2.75) is 13.5 Å². The molecule has 4 nitrogen and oxygen atoms in total. The van der Waals surface area contributed by atoms with Gasteiger partial charge in [0.15, 0.2) is 0 Å². The van der Waals surface area contributed by atoms with Crippen LogP contribution in [0.15, 0.2) is 54.6 Å². The molecule has 1 N–H and O–H groups in total. The predicted octanol–water partition coefficient (Wildman–Crippen LogP) is 3.54. The van der Waals surface area contributed by atoms with Crippen molar-refractivity contribution in [3.63, 3.8) is 0 Å². The molecule has 0 radical (unpaired) electrons. The van der Waals surface area contributed by atoms with E-state index in [4.69, 9.17) is 4.74 Å². The summed E-state index contributed by atoms with van der Waals surface area (Å²) in [7, 11) is 0. The largest absolute Gasteiger partial charge is 0.458 e. The Bertz CT molecular complexity index is 723. The van der Waals surface area contributed by atoms with E-state index in [1.165, 1.54) is 25.1 Å². The fourth-order valence-electron chi connectivity index (χ4n) is 1.87. The molecule has 0 unspecified atom stereocenters. The third kappa shape index (κ3) is 5.74. The molecule has 5 heteroatoms. The molecule has 0 fully saturated rings.